The maximum absolute atomic E-state index is 14.2. The minimum absolute atomic E-state index is 0.0455. The topological polar surface area (TPSA) is 81.3 Å². The average molecular weight is 504 g/mol. The van der Waals surface area contributed by atoms with Gasteiger partial charge in [-0.2, -0.15) is 4.98 Å². The third kappa shape index (κ3) is 4.40. The lowest BCUT2D eigenvalue weighted by atomic mass is 10.0. The highest BCUT2D eigenvalue weighted by atomic mass is 79.9. The van der Waals surface area contributed by atoms with Gasteiger partial charge in [-0.05, 0) is 57.1 Å². The van der Waals surface area contributed by atoms with Gasteiger partial charge in [0.1, 0.15) is 11.6 Å². The van der Waals surface area contributed by atoms with E-state index in [4.69, 9.17) is 0 Å². The summed E-state index contributed by atoms with van der Waals surface area (Å²) >= 11 is 3.26. The Morgan fingerprint density at radius 1 is 1.25 bits per heavy atom. The van der Waals surface area contributed by atoms with Crippen LogP contribution in [0, 0.1) is 5.82 Å². The average Bonchev–Trinajstić information content (AvgIpc) is 3.48. The monoisotopic (exact) mass is 503 g/mol. The standard InChI is InChI=1S/C23H27BrFN5O2/c24-15-7-6-14(19(25)11-15)12-26-23(32)30(16-8-9-16)17-3-2-10-29(13-17)21-18-4-1-5-20(18)27-22(31)28-21/h6-7,11,16-17H,1-5,8-10,12-13H2,(H,26,32)(H,27,28,31)/t17-/m1/s1. The number of aromatic nitrogens is 2. The number of amides is 2. The number of urea groups is 1. The van der Waals surface area contributed by atoms with E-state index < -0.39 is 0 Å². The summed E-state index contributed by atoms with van der Waals surface area (Å²) < 4.78 is 14.8. The van der Waals surface area contributed by atoms with Gasteiger partial charge in [-0.3, -0.25) is 0 Å². The van der Waals surface area contributed by atoms with Gasteiger partial charge in [0.15, 0.2) is 0 Å². The van der Waals surface area contributed by atoms with Crippen molar-refractivity contribution in [2.75, 3.05) is 18.0 Å². The van der Waals surface area contributed by atoms with E-state index in [0.29, 0.717) is 16.6 Å². The first kappa shape index (κ1) is 21.4. The van der Waals surface area contributed by atoms with Crippen molar-refractivity contribution in [2.24, 2.45) is 0 Å². The molecule has 2 N–H and O–H groups in total. The molecule has 2 aromatic rings. The fraction of sp³-hybridized carbons (Fsp3) is 0.522. The molecule has 2 heterocycles. The molecule has 1 saturated carbocycles. The molecule has 3 aliphatic rings. The smallest absolute Gasteiger partial charge is 0.347 e. The summed E-state index contributed by atoms with van der Waals surface area (Å²) in [6, 6.07) is 4.99. The summed E-state index contributed by atoms with van der Waals surface area (Å²) in [4.78, 5) is 36.6. The van der Waals surface area contributed by atoms with Gasteiger partial charge >= 0.3 is 11.7 Å². The van der Waals surface area contributed by atoms with E-state index >= 15 is 0 Å². The van der Waals surface area contributed by atoms with Crippen LogP contribution in [0.1, 0.15) is 48.9 Å². The van der Waals surface area contributed by atoms with Crippen LogP contribution < -0.4 is 15.9 Å². The van der Waals surface area contributed by atoms with Crippen molar-refractivity contribution >= 4 is 27.8 Å². The maximum atomic E-state index is 14.2. The van der Waals surface area contributed by atoms with Crippen molar-refractivity contribution in [2.45, 2.75) is 63.6 Å². The number of aromatic amines is 1. The number of hydrogen-bond donors (Lipinski definition) is 2. The van der Waals surface area contributed by atoms with Crippen LogP contribution in [0.15, 0.2) is 27.5 Å². The fourth-order valence-corrected chi connectivity index (χ4v) is 5.33. The van der Waals surface area contributed by atoms with Gasteiger partial charge < -0.3 is 20.1 Å². The van der Waals surface area contributed by atoms with Gasteiger partial charge in [0, 0.05) is 47.0 Å². The van der Waals surface area contributed by atoms with Crippen LogP contribution in [0.5, 0.6) is 0 Å². The number of hydrogen-bond acceptors (Lipinski definition) is 4. The highest BCUT2D eigenvalue weighted by molar-refractivity contribution is 9.10. The van der Waals surface area contributed by atoms with Gasteiger partial charge in [-0.1, -0.05) is 22.0 Å². The molecule has 0 radical (unpaired) electrons. The summed E-state index contributed by atoms with van der Waals surface area (Å²) in [5.74, 6) is 0.453. The Kier molecular flexibility index (Phi) is 5.92. The number of piperidine rings is 1. The quantitative estimate of drug-likeness (QED) is 0.654. The summed E-state index contributed by atoms with van der Waals surface area (Å²) in [6.45, 7) is 1.66. The molecule has 2 fully saturated rings. The molecule has 32 heavy (non-hydrogen) atoms. The Morgan fingerprint density at radius 2 is 2.09 bits per heavy atom. The number of nitrogens with zero attached hydrogens (tertiary/aromatic N) is 3. The molecule has 170 valence electrons. The summed E-state index contributed by atoms with van der Waals surface area (Å²) in [5.41, 5.74) is 2.33. The van der Waals surface area contributed by atoms with E-state index in [-0.39, 0.29) is 36.2 Å². The molecule has 1 aromatic heterocycles. The number of halogens is 2. The van der Waals surface area contributed by atoms with Crippen molar-refractivity contribution in [1.29, 1.82) is 0 Å². The van der Waals surface area contributed by atoms with Crippen molar-refractivity contribution in [1.82, 2.24) is 20.2 Å². The Bertz CT molecular complexity index is 1090. The van der Waals surface area contributed by atoms with E-state index in [0.717, 1.165) is 68.6 Å². The normalized spacial score (nSPS) is 20.2. The zero-order chi connectivity index (χ0) is 22.2. The number of nitrogens with one attached hydrogen (secondary N) is 2. The van der Waals surface area contributed by atoms with Crippen LogP contribution in [-0.4, -0.2) is 46.1 Å². The predicted octanol–water partition coefficient (Wildman–Crippen LogP) is 3.50. The van der Waals surface area contributed by atoms with Gasteiger partial charge in [-0.25, -0.2) is 14.0 Å². The SMILES string of the molecule is O=C(NCc1ccc(Br)cc1F)N(C1CC1)[C@@H]1CCCN(c2nc(=O)[nH]c3c2CCC3)C1. The van der Waals surface area contributed by atoms with Crippen LogP contribution in [0.25, 0.3) is 0 Å². The van der Waals surface area contributed by atoms with Crippen molar-refractivity contribution in [3.05, 3.63) is 55.8 Å². The molecule has 2 aliphatic carbocycles. The third-order valence-corrected chi connectivity index (χ3v) is 7.16. The number of benzene rings is 1. The molecule has 0 bridgehead atoms. The Morgan fingerprint density at radius 3 is 2.88 bits per heavy atom. The Balaban J connectivity index is 1.31. The molecule has 9 heteroatoms. The van der Waals surface area contributed by atoms with E-state index in [1.165, 1.54) is 6.07 Å². The van der Waals surface area contributed by atoms with E-state index in [1.807, 2.05) is 4.90 Å². The number of anilines is 1. The number of carbonyl (C=O) groups is 1. The molecule has 1 saturated heterocycles. The lowest BCUT2D eigenvalue weighted by Gasteiger charge is -2.40. The fourth-order valence-electron chi connectivity index (χ4n) is 4.99. The summed E-state index contributed by atoms with van der Waals surface area (Å²) in [7, 11) is 0. The first-order valence-electron chi connectivity index (χ1n) is 11.4. The molecule has 0 spiro atoms. The third-order valence-electron chi connectivity index (χ3n) is 6.66. The minimum atomic E-state index is -0.337. The molecule has 7 nitrogen and oxygen atoms in total. The van der Waals surface area contributed by atoms with Gasteiger partial charge in [0.05, 0.1) is 6.04 Å². The van der Waals surface area contributed by atoms with E-state index in [1.54, 1.807) is 12.1 Å². The van der Waals surface area contributed by atoms with E-state index in [9.17, 15) is 14.0 Å². The number of aryl methyl sites for hydroxylation is 1. The van der Waals surface area contributed by atoms with Gasteiger partial charge in [0.2, 0.25) is 0 Å². The molecule has 2 amide bonds. The second-order valence-electron chi connectivity index (χ2n) is 8.95. The largest absolute Gasteiger partial charge is 0.354 e. The predicted molar refractivity (Wildman–Crippen MR) is 123 cm³/mol. The molecule has 0 unspecified atom stereocenters. The zero-order valence-electron chi connectivity index (χ0n) is 17.9. The molecule has 1 aromatic carbocycles. The Hall–Kier alpha value is -2.42. The van der Waals surface area contributed by atoms with Crippen LogP contribution >= 0.6 is 15.9 Å². The van der Waals surface area contributed by atoms with Crippen LogP contribution in [-0.2, 0) is 19.4 Å². The molecule has 1 atom stereocenters. The maximum Gasteiger partial charge on any atom is 0.347 e. The van der Waals surface area contributed by atoms with Gasteiger partial charge in [0.25, 0.3) is 0 Å². The number of fused-ring (bicyclic) bond motifs is 1. The first-order valence-corrected chi connectivity index (χ1v) is 12.2. The van der Waals surface area contributed by atoms with Crippen LogP contribution in [0.2, 0.25) is 0 Å². The Labute approximate surface area is 194 Å². The first-order chi connectivity index (χ1) is 15.5. The van der Waals surface area contributed by atoms with E-state index in [2.05, 4.69) is 36.1 Å². The van der Waals surface area contributed by atoms with Crippen molar-refractivity contribution in [3.63, 3.8) is 0 Å². The highest BCUT2D eigenvalue weighted by Crippen LogP contribution is 2.34. The molecule has 5 rings (SSSR count). The molecular formula is C23H27BrFN5O2. The van der Waals surface area contributed by atoms with Crippen LogP contribution in [0.3, 0.4) is 0 Å². The lowest BCUT2D eigenvalue weighted by Crippen LogP contribution is -2.54. The zero-order valence-corrected chi connectivity index (χ0v) is 19.5. The molecular weight excluding hydrogens is 477 g/mol. The number of H-pyrrole nitrogens is 1. The second kappa shape index (κ2) is 8.84. The van der Waals surface area contributed by atoms with Gasteiger partial charge in [-0.15, -0.1) is 0 Å². The van der Waals surface area contributed by atoms with Crippen molar-refractivity contribution in [3.8, 4) is 0 Å². The number of carbonyl (C=O) groups excluding carboxylic acids is 1. The highest BCUT2D eigenvalue weighted by Gasteiger charge is 2.39. The summed E-state index contributed by atoms with van der Waals surface area (Å²) in [6.07, 6.45) is 6.70. The second-order valence-corrected chi connectivity index (χ2v) is 9.87. The van der Waals surface area contributed by atoms with Crippen LogP contribution in [0.4, 0.5) is 15.0 Å². The lowest BCUT2D eigenvalue weighted by molar-refractivity contribution is 0.160. The molecule has 1 aliphatic heterocycles. The number of rotatable bonds is 5. The summed E-state index contributed by atoms with van der Waals surface area (Å²) in [5, 5.41) is 2.93. The van der Waals surface area contributed by atoms with Crippen molar-refractivity contribution < 1.29 is 9.18 Å². The minimum Gasteiger partial charge on any atom is -0.354 e.